The molecule has 0 bridgehead atoms. The van der Waals surface area contributed by atoms with Gasteiger partial charge in [-0.3, -0.25) is 5.10 Å². The minimum absolute atomic E-state index is 0.570. The van der Waals surface area contributed by atoms with Gasteiger partial charge < -0.3 is 5.32 Å². The molecule has 0 saturated heterocycles. The first-order valence-electron chi connectivity index (χ1n) is 5.93. The van der Waals surface area contributed by atoms with Gasteiger partial charge in [-0.15, -0.1) is 0 Å². The summed E-state index contributed by atoms with van der Waals surface area (Å²) in [5, 5.41) is 15.1. The lowest BCUT2D eigenvalue weighted by atomic mass is 10.4. The van der Waals surface area contributed by atoms with Gasteiger partial charge in [0.15, 0.2) is 11.5 Å². The molecule has 0 spiro atoms. The Morgan fingerprint density at radius 1 is 1.37 bits per heavy atom. The molecule has 0 unspecified atom stereocenters. The van der Waals surface area contributed by atoms with Crippen LogP contribution in [0.25, 0.3) is 16.9 Å². The molecule has 0 radical (unpaired) electrons. The van der Waals surface area contributed by atoms with Crippen LogP contribution in [-0.2, 0) is 0 Å². The Morgan fingerprint density at radius 3 is 3.00 bits per heavy atom. The maximum Gasteiger partial charge on any atom is 0.226 e. The zero-order valence-corrected chi connectivity index (χ0v) is 11.8. The lowest BCUT2D eigenvalue weighted by Crippen LogP contribution is -2.08. The number of halogens is 1. The molecule has 2 N–H and O–H groups in total. The van der Waals surface area contributed by atoms with Crippen molar-refractivity contribution in [2.75, 3.05) is 11.9 Å². The molecule has 0 atom stereocenters. The first-order valence-corrected chi connectivity index (χ1v) is 6.72. The van der Waals surface area contributed by atoms with Crippen molar-refractivity contribution in [2.45, 2.75) is 13.3 Å². The van der Waals surface area contributed by atoms with E-state index in [1.54, 1.807) is 17.1 Å². The molecule has 8 heteroatoms. The van der Waals surface area contributed by atoms with E-state index in [0.29, 0.717) is 17.4 Å². The third kappa shape index (κ3) is 2.30. The second-order valence-electron chi connectivity index (χ2n) is 4.03. The average molecular weight is 322 g/mol. The fraction of sp³-hybridized carbons (Fsp3) is 0.273. The summed E-state index contributed by atoms with van der Waals surface area (Å²) in [4.78, 5) is 8.86. The molecule has 98 valence electrons. The summed E-state index contributed by atoms with van der Waals surface area (Å²) in [6.07, 6.45) is 6.27. The Labute approximate surface area is 117 Å². The molecule has 3 heterocycles. The van der Waals surface area contributed by atoms with Gasteiger partial charge in [0.2, 0.25) is 5.95 Å². The quantitative estimate of drug-likeness (QED) is 0.769. The van der Waals surface area contributed by atoms with E-state index >= 15 is 0 Å². The molecule has 0 aliphatic heterocycles. The number of H-pyrrole nitrogens is 1. The van der Waals surface area contributed by atoms with Crippen molar-refractivity contribution in [3.05, 3.63) is 23.1 Å². The molecule has 7 nitrogen and oxygen atoms in total. The van der Waals surface area contributed by atoms with Gasteiger partial charge >= 0.3 is 0 Å². The van der Waals surface area contributed by atoms with E-state index in [1.807, 2.05) is 6.20 Å². The van der Waals surface area contributed by atoms with Gasteiger partial charge in [-0.05, 0) is 22.4 Å². The summed E-state index contributed by atoms with van der Waals surface area (Å²) in [7, 11) is 0. The molecule has 0 saturated carbocycles. The smallest absolute Gasteiger partial charge is 0.226 e. The Morgan fingerprint density at radius 2 is 2.26 bits per heavy atom. The lowest BCUT2D eigenvalue weighted by Gasteiger charge is -2.06. The number of nitrogens with zero attached hydrogens (tertiary/aromatic N) is 5. The predicted molar refractivity (Wildman–Crippen MR) is 75.3 cm³/mol. The van der Waals surface area contributed by atoms with Crippen molar-refractivity contribution in [3.8, 4) is 5.82 Å². The van der Waals surface area contributed by atoms with Gasteiger partial charge in [0, 0.05) is 12.7 Å². The Kier molecular flexibility index (Phi) is 3.16. The fourth-order valence-electron chi connectivity index (χ4n) is 1.73. The summed E-state index contributed by atoms with van der Waals surface area (Å²) in [5.74, 6) is 1.27. The Hall–Kier alpha value is -1.96. The molecule has 3 aromatic rings. The van der Waals surface area contributed by atoms with E-state index in [4.69, 9.17) is 0 Å². The summed E-state index contributed by atoms with van der Waals surface area (Å²) in [6, 6.07) is 0. The van der Waals surface area contributed by atoms with Gasteiger partial charge in [0.25, 0.3) is 0 Å². The molecule has 3 rings (SSSR count). The fourth-order valence-corrected chi connectivity index (χ4v) is 2.01. The van der Waals surface area contributed by atoms with E-state index in [0.717, 1.165) is 22.8 Å². The second-order valence-corrected chi connectivity index (χ2v) is 4.95. The molecule has 3 aromatic heterocycles. The number of hydrogen-bond acceptors (Lipinski definition) is 5. The third-order valence-electron chi connectivity index (χ3n) is 2.59. The molecular formula is C11H12BrN7. The van der Waals surface area contributed by atoms with Crippen LogP contribution in [0.3, 0.4) is 0 Å². The maximum absolute atomic E-state index is 4.49. The number of fused-ring (bicyclic) bond motifs is 1. The van der Waals surface area contributed by atoms with Crippen LogP contribution < -0.4 is 5.32 Å². The van der Waals surface area contributed by atoms with Crippen LogP contribution in [0.1, 0.15) is 13.3 Å². The first-order chi connectivity index (χ1) is 9.28. The van der Waals surface area contributed by atoms with Gasteiger partial charge in [-0.1, -0.05) is 6.92 Å². The lowest BCUT2D eigenvalue weighted by molar-refractivity contribution is 0.847. The van der Waals surface area contributed by atoms with Crippen molar-refractivity contribution in [1.29, 1.82) is 0 Å². The van der Waals surface area contributed by atoms with E-state index in [1.165, 1.54) is 0 Å². The first kappa shape index (κ1) is 12.1. The van der Waals surface area contributed by atoms with Crippen LogP contribution in [0, 0.1) is 0 Å². The predicted octanol–water partition coefficient (Wildman–Crippen LogP) is 2.12. The van der Waals surface area contributed by atoms with Gasteiger partial charge in [-0.25, -0.2) is 4.68 Å². The minimum atomic E-state index is 0.570. The highest BCUT2D eigenvalue weighted by atomic mass is 79.9. The van der Waals surface area contributed by atoms with Crippen LogP contribution in [0.4, 0.5) is 5.95 Å². The van der Waals surface area contributed by atoms with E-state index in [-0.39, 0.29) is 0 Å². The normalized spacial score (nSPS) is 11.1. The van der Waals surface area contributed by atoms with Crippen molar-refractivity contribution in [1.82, 2.24) is 29.9 Å². The van der Waals surface area contributed by atoms with E-state index in [9.17, 15) is 0 Å². The van der Waals surface area contributed by atoms with E-state index < -0.39 is 0 Å². The van der Waals surface area contributed by atoms with Crippen molar-refractivity contribution >= 4 is 32.9 Å². The van der Waals surface area contributed by atoms with Gasteiger partial charge in [0.1, 0.15) is 0 Å². The minimum Gasteiger partial charge on any atom is -0.354 e. The highest BCUT2D eigenvalue weighted by Crippen LogP contribution is 2.20. The topological polar surface area (TPSA) is 84.3 Å². The number of nitrogens with one attached hydrogen (secondary N) is 2. The van der Waals surface area contributed by atoms with Crippen molar-refractivity contribution in [2.24, 2.45) is 0 Å². The molecule has 0 aromatic carbocycles. The van der Waals surface area contributed by atoms with Crippen LogP contribution in [0.2, 0.25) is 0 Å². The van der Waals surface area contributed by atoms with Crippen LogP contribution in [0.15, 0.2) is 23.1 Å². The summed E-state index contributed by atoms with van der Waals surface area (Å²) < 4.78 is 2.59. The number of aromatic amines is 1. The summed E-state index contributed by atoms with van der Waals surface area (Å²) >= 11 is 3.38. The Balaban J connectivity index is 2.12. The molecule has 0 fully saturated rings. The highest BCUT2D eigenvalue weighted by molar-refractivity contribution is 9.10. The molecular weight excluding hydrogens is 310 g/mol. The van der Waals surface area contributed by atoms with Gasteiger partial charge in [0.05, 0.1) is 22.3 Å². The standard InChI is InChI=1S/C11H12BrN7/c1-2-3-13-11-16-9-8(5-14-18-9)10(17-11)19-6-7(12)4-15-19/h4-6H,2-3H2,1H3,(H2,13,14,16,17,18). The Bertz CT molecular complexity index is 702. The molecule has 0 aliphatic carbocycles. The number of anilines is 1. The third-order valence-corrected chi connectivity index (χ3v) is 3.00. The maximum atomic E-state index is 4.49. The van der Waals surface area contributed by atoms with Crippen LogP contribution in [0.5, 0.6) is 0 Å². The zero-order chi connectivity index (χ0) is 13.2. The zero-order valence-electron chi connectivity index (χ0n) is 10.3. The number of aromatic nitrogens is 6. The SMILES string of the molecule is CCCNc1nc(-n2cc(Br)cn2)c2cn[nH]c2n1. The highest BCUT2D eigenvalue weighted by Gasteiger charge is 2.11. The van der Waals surface area contributed by atoms with Crippen molar-refractivity contribution < 1.29 is 0 Å². The number of hydrogen-bond donors (Lipinski definition) is 2. The van der Waals surface area contributed by atoms with E-state index in [2.05, 4.69) is 53.4 Å². The summed E-state index contributed by atoms with van der Waals surface area (Å²) in [5.41, 5.74) is 0.690. The number of rotatable bonds is 4. The molecule has 19 heavy (non-hydrogen) atoms. The van der Waals surface area contributed by atoms with Gasteiger partial charge in [-0.2, -0.15) is 20.2 Å². The largest absolute Gasteiger partial charge is 0.354 e. The summed E-state index contributed by atoms with van der Waals surface area (Å²) in [6.45, 7) is 2.91. The van der Waals surface area contributed by atoms with Crippen molar-refractivity contribution in [3.63, 3.8) is 0 Å². The van der Waals surface area contributed by atoms with Crippen LogP contribution in [-0.4, -0.2) is 36.5 Å². The second kappa shape index (κ2) is 4.96. The monoisotopic (exact) mass is 321 g/mol. The van der Waals surface area contributed by atoms with Crippen LogP contribution >= 0.6 is 15.9 Å². The molecule has 0 amide bonds. The molecule has 0 aliphatic rings. The average Bonchev–Trinajstić information content (AvgIpc) is 3.03.